The van der Waals surface area contributed by atoms with Gasteiger partial charge in [0.1, 0.15) is 4.90 Å². The number of nitrogen functional groups attached to an aromatic ring is 1. The molecule has 8 nitrogen and oxygen atoms in total. The number of sulfonamides is 1. The summed E-state index contributed by atoms with van der Waals surface area (Å²) in [4.78, 5) is 11.4. The van der Waals surface area contributed by atoms with Crippen molar-refractivity contribution in [3.8, 4) is 0 Å². The maximum atomic E-state index is 12.6. The number of primary amides is 1. The van der Waals surface area contributed by atoms with Gasteiger partial charge in [-0.25, -0.2) is 8.42 Å². The molecule has 1 aromatic heterocycles. The highest BCUT2D eigenvalue weighted by atomic mass is 32.2. The first-order chi connectivity index (χ1) is 9.09. The SMILES string of the molecule is Cc1c(S(=O)(=O)N2CCC(C)(C(N)=O)C2)c(N)nn1C. The normalized spacial score (nSPS) is 24.1. The van der Waals surface area contributed by atoms with Crippen LogP contribution >= 0.6 is 0 Å². The Balaban J connectivity index is 2.41. The highest BCUT2D eigenvalue weighted by Gasteiger charge is 2.45. The number of nitrogens with two attached hydrogens (primary N) is 2. The zero-order chi connectivity index (χ0) is 15.3. The second-order valence-corrected chi connectivity index (χ2v) is 7.31. The fraction of sp³-hybridized carbons (Fsp3) is 0.636. The quantitative estimate of drug-likeness (QED) is 0.756. The third-order valence-electron chi connectivity index (χ3n) is 3.94. The lowest BCUT2D eigenvalue weighted by atomic mass is 9.89. The summed E-state index contributed by atoms with van der Waals surface area (Å²) < 4.78 is 28.0. The number of hydrogen-bond acceptors (Lipinski definition) is 5. The number of aromatic nitrogens is 2. The zero-order valence-electron chi connectivity index (χ0n) is 11.8. The van der Waals surface area contributed by atoms with E-state index in [1.54, 1.807) is 20.9 Å². The molecule has 2 heterocycles. The Kier molecular flexibility index (Phi) is 3.29. The Morgan fingerprint density at radius 3 is 2.45 bits per heavy atom. The number of hydrogen-bond donors (Lipinski definition) is 2. The van der Waals surface area contributed by atoms with Crippen LogP contribution in [0.1, 0.15) is 19.0 Å². The molecule has 0 saturated carbocycles. The summed E-state index contributed by atoms with van der Waals surface area (Å²) in [5.41, 5.74) is 10.7. The molecule has 1 atom stereocenters. The molecule has 0 spiro atoms. The van der Waals surface area contributed by atoms with Crippen LogP contribution in [0.15, 0.2) is 4.90 Å². The van der Waals surface area contributed by atoms with Crippen molar-refractivity contribution in [2.75, 3.05) is 18.8 Å². The highest BCUT2D eigenvalue weighted by molar-refractivity contribution is 7.89. The van der Waals surface area contributed by atoms with Crippen LogP contribution in [-0.4, -0.2) is 41.5 Å². The van der Waals surface area contributed by atoms with Crippen LogP contribution in [0.3, 0.4) is 0 Å². The molecule has 9 heteroatoms. The van der Waals surface area contributed by atoms with Gasteiger partial charge < -0.3 is 11.5 Å². The van der Waals surface area contributed by atoms with Gasteiger partial charge in [0, 0.05) is 20.1 Å². The first-order valence-corrected chi connectivity index (χ1v) is 7.63. The van der Waals surface area contributed by atoms with Gasteiger partial charge in [-0.3, -0.25) is 9.48 Å². The molecule has 1 aliphatic heterocycles. The second kappa shape index (κ2) is 4.45. The van der Waals surface area contributed by atoms with Crippen LogP contribution in [0.25, 0.3) is 0 Å². The second-order valence-electron chi connectivity index (χ2n) is 5.44. The summed E-state index contributed by atoms with van der Waals surface area (Å²) in [5.74, 6) is -0.524. The number of nitrogens with zero attached hydrogens (tertiary/aromatic N) is 3. The van der Waals surface area contributed by atoms with Gasteiger partial charge >= 0.3 is 0 Å². The molecule has 0 radical (unpaired) electrons. The standard InChI is InChI=1S/C11H19N5O3S/c1-7-8(9(12)14-15(7)3)20(18,19)16-5-4-11(2,6-16)10(13)17/h4-6H2,1-3H3,(H2,12,14)(H2,13,17). The molecule has 1 amide bonds. The molecule has 4 N–H and O–H groups in total. The molecule has 1 aromatic rings. The zero-order valence-corrected chi connectivity index (χ0v) is 12.6. The van der Waals surface area contributed by atoms with Crippen molar-refractivity contribution in [2.45, 2.75) is 25.2 Å². The lowest BCUT2D eigenvalue weighted by molar-refractivity contribution is -0.126. The van der Waals surface area contributed by atoms with Crippen molar-refractivity contribution in [1.82, 2.24) is 14.1 Å². The molecule has 1 aliphatic rings. The Hall–Kier alpha value is -1.61. The first kappa shape index (κ1) is 14.8. The molecular formula is C11H19N5O3S. The van der Waals surface area contributed by atoms with Gasteiger partial charge in [0.15, 0.2) is 5.82 Å². The van der Waals surface area contributed by atoms with Gasteiger partial charge in [-0.05, 0) is 20.3 Å². The topological polar surface area (TPSA) is 124 Å². The molecule has 1 unspecified atom stereocenters. The lowest BCUT2D eigenvalue weighted by Gasteiger charge is -2.20. The number of carbonyl (C=O) groups is 1. The summed E-state index contributed by atoms with van der Waals surface area (Å²) >= 11 is 0. The summed E-state index contributed by atoms with van der Waals surface area (Å²) in [6.45, 7) is 3.62. The molecule has 0 bridgehead atoms. The van der Waals surface area contributed by atoms with E-state index in [1.807, 2.05) is 0 Å². The smallest absolute Gasteiger partial charge is 0.248 e. The maximum Gasteiger partial charge on any atom is 0.248 e. The number of amides is 1. The fourth-order valence-electron chi connectivity index (χ4n) is 2.39. The molecule has 2 rings (SSSR count). The van der Waals surface area contributed by atoms with Gasteiger partial charge in [-0.15, -0.1) is 0 Å². The Labute approximate surface area is 117 Å². The van der Waals surface area contributed by atoms with E-state index in [0.717, 1.165) is 0 Å². The number of rotatable bonds is 3. The lowest BCUT2D eigenvalue weighted by Crippen LogP contribution is -2.38. The summed E-state index contributed by atoms with van der Waals surface area (Å²) in [6.07, 6.45) is 0.404. The number of carbonyl (C=O) groups excluding carboxylic acids is 1. The molecule has 1 fully saturated rings. The van der Waals surface area contributed by atoms with E-state index >= 15 is 0 Å². The van der Waals surface area contributed by atoms with Crippen LogP contribution in [0, 0.1) is 12.3 Å². The minimum Gasteiger partial charge on any atom is -0.381 e. The average molecular weight is 301 g/mol. The van der Waals surface area contributed by atoms with E-state index in [4.69, 9.17) is 11.5 Å². The van der Waals surface area contributed by atoms with Crippen molar-refractivity contribution in [3.05, 3.63) is 5.69 Å². The van der Waals surface area contributed by atoms with Crippen LogP contribution in [0.2, 0.25) is 0 Å². The van der Waals surface area contributed by atoms with Crippen LogP contribution in [0.4, 0.5) is 5.82 Å². The van der Waals surface area contributed by atoms with Gasteiger partial charge in [0.2, 0.25) is 15.9 Å². The number of anilines is 1. The molecular weight excluding hydrogens is 282 g/mol. The van der Waals surface area contributed by atoms with Crippen molar-refractivity contribution in [3.63, 3.8) is 0 Å². The first-order valence-electron chi connectivity index (χ1n) is 6.19. The van der Waals surface area contributed by atoms with E-state index in [2.05, 4.69) is 5.10 Å². The minimum absolute atomic E-state index is 0.00807. The van der Waals surface area contributed by atoms with Gasteiger partial charge in [0.25, 0.3) is 0 Å². The highest BCUT2D eigenvalue weighted by Crippen LogP contribution is 2.35. The van der Waals surface area contributed by atoms with Crippen LogP contribution < -0.4 is 11.5 Å². The predicted molar refractivity (Wildman–Crippen MR) is 73.0 cm³/mol. The molecule has 1 saturated heterocycles. The van der Waals surface area contributed by atoms with E-state index in [0.29, 0.717) is 12.1 Å². The van der Waals surface area contributed by atoms with Crippen molar-refractivity contribution in [2.24, 2.45) is 18.2 Å². The Morgan fingerprint density at radius 2 is 2.05 bits per heavy atom. The number of aryl methyl sites for hydroxylation is 1. The molecule has 0 aromatic carbocycles. The summed E-state index contributed by atoms with van der Waals surface area (Å²) in [5, 5.41) is 3.92. The molecule has 20 heavy (non-hydrogen) atoms. The van der Waals surface area contributed by atoms with E-state index in [-0.39, 0.29) is 23.8 Å². The van der Waals surface area contributed by atoms with Crippen LogP contribution in [0.5, 0.6) is 0 Å². The van der Waals surface area contributed by atoms with Crippen LogP contribution in [-0.2, 0) is 21.9 Å². The minimum atomic E-state index is -3.77. The average Bonchev–Trinajstić information content (AvgIpc) is 2.83. The monoisotopic (exact) mass is 301 g/mol. The molecule has 0 aliphatic carbocycles. The summed E-state index contributed by atoms with van der Waals surface area (Å²) in [6, 6.07) is 0. The van der Waals surface area contributed by atoms with Crippen molar-refractivity contribution in [1.29, 1.82) is 0 Å². The third-order valence-corrected chi connectivity index (χ3v) is 5.95. The van der Waals surface area contributed by atoms with Crippen molar-refractivity contribution < 1.29 is 13.2 Å². The largest absolute Gasteiger partial charge is 0.381 e. The van der Waals surface area contributed by atoms with Crippen molar-refractivity contribution >= 4 is 21.7 Å². The molecule has 112 valence electrons. The Morgan fingerprint density at radius 1 is 1.45 bits per heavy atom. The third kappa shape index (κ3) is 2.06. The van der Waals surface area contributed by atoms with E-state index < -0.39 is 21.3 Å². The van der Waals surface area contributed by atoms with E-state index in [9.17, 15) is 13.2 Å². The predicted octanol–water partition coefficient (Wildman–Crippen LogP) is -0.803. The maximum absolute atomic E-state index is 12.6. The van der Waals surface area contributed by atoms with E-state index in [1.165, 1.54) is 8.99 Å². The van der Waals surface area contributed by atoms with Gasteiger partial charge in [0.05, 0.1) is 11.1 Å². The Bertz CT molecular complexity index is 666. The summed E-state index contributed by atoms with van der Waals surface area (Å²) in [7, 11) is -2.14. The van der Waals surface area contributed by atoms with Gasteiger partial charge in [-0.2, -0.15) is 9.40 Å². The fourth-order valence-corrected chi connectivity index (χ4v) is 4.24. The van der Waals surface area contributed by atoms with Gasteiger partial charge in [-0.1, -0.05) is 0 Å².